The summed E-state index contributed by atoms with van der Waals surface area (Å²) in [5, 5.41) is 9.25. The first kappa shape index (κ1) is 17.7. The fraction of sp³-hybridized carbons (Fsp3) is 0.500. The Balaban J connectivity index is 3.53. The molecule has 0 aliphatic rings. The first-order valence-electron chi connectivity index (χ1n) is 6.46. The first-order valence-corrected chi connectivity index (χ1v) is 7.99. The smallest absolute Gasteiger partial charge is 0.481 e. The summed E-state index contributed by atoms with van der Waals surface area (Å²) in [6, 6.07) is 3.34. The normalized spacial score (nSPS) is 13.9. The van der Waals surface area contributed by atoms with Crippen molar-refractivity contribution >= 4 is 13.8 Å². The van der Waals surface area contributed by atoms with Crippen LogP contribution in [0.5, 0.6) is 5.75 Å². The zero-order valence-corrected chi connectivity index (χ0v) is 13.6. The van der Waals surface area contributed by atoms with Crippen molar-refractivity contribution in [2.24, 2.45) is 5.92 Å². The van der Waals surface area contributed by atoms with Crippen molar-refractivity contribution in [3.05, 3.63) is 28.8 Å². The van der Waals surface area contributed by atoms with Crippen molar-refractivity contribution in [1.29, 1.82) is 0 Å². The summed E-state index contributed by atoms with van der Waals surface area (Å²) in [5.74, 6) is -1.71. The first-order chi connectivity index (χ1) is 9.36. The summed E-state index contributed by atoms with van der Waals surface area (Å²) in [7, 11) is -4.73. The van der Waals surface area contributed by atoms with Crippen LogP contribution in [0.3, 0.4) is 0 Å². The highest BCUT2D eigenvalue weighted by molar-refractivity contribution is 7.46. The molecule has 1 atom stereocenters. The van der Waals surface area contributed by atoms with Crippen LogP contribution in [-0.2, 0) is 14.8 Å². The Hall–Kier alpha value is -1.36. The third-order valence-corrected chi connectivity index (χ3v) is 4.19. The van der Waals surface area contributed by atoms with E-state index in [4.69, 9.17) is 14.3 Å². The van der Waals surface area contributed by atoms with Gasteiger partial charge in [0, 0.05) is 11.0 Å². The van der Waals surface area contributed by atoms with Gasteiger partial charge in [0.15, 0.2) is 0 Å². The van der Waals surface area contributed by atoms with Gasteiger partial charge in [0.1, 0.15) is 5.75 Å². The molecule has 0 aromatic heterocycles. The minimum absolute atomic E-state index is 0.0268. The number of hydrogen-bond donors (Lipinski definition) is 3. The second-order valence-corrected chi connectivity index (χ2v) is 6.98. The van der Waals surface area contributed by atoms with Gasteiger partial charge in [-0.15, -0.1) is 0 Å². The maximum absolute atomic E-state index is 11.3. The predicted octanol–water partition coefficient (Wildman–Crippen LogP) is 2.77. The second-order valence-electron chi connectivity index (χ2n) is 5.82. The van der Waals surface area contributed by atoms with Crippen LogP contribution in [0.25, 0.3) is 0 Å². The van der Waals surface area contributed by atoms with E-state index in [-0.39, 0.29) is 5.75 Å². The molecule has 0 saturated heterocycles. The molecule has 7 heteroatoms. The van der Waals surface area contributed by atoms with Crippen LogP contribution in [0.2, 0.25) is 0 Å². The predicted molar refractivity (Wildman–Crippen MR) is 78.4 cm³/mol. The molecule has 0 spiro atoms. The molecule has 1 aromatic rings. The average molecular weight is 316 g/mol. The summed E-state index contributed by atoms with van der Waals surface area (Å²) >= 11 is 0. The third-order valence-electron chi connectivity index (χ3n) is 3.76. The van der Waals surface area contributed by atoms with Gasteiger partial charge in [-0.05, 0) is 31.0 Å². The van der Waals surface area contributed by atoms with Gasteiger partial charge in [0.2, 0.25) is 0 Å². The Kier molecular flexibility index (Phi) is 4.88. The lowest BCUT2D eigenvalue weighted by Crippen LogP contribution is -2.33. The number of carboxylic acids is 1. The number of benzene rings is 1. The van der Waals surface area contributed by atoms with Crippen molar-refractivity contribution in [3.63, 3.8) is 0 Å². The summed E-state index contributed by atoms with van der Waals surface area (Å²) in [4.78, 5) is 29.4. The van der Waals surface area contributed by atoms with Gasteiger partial charge < -0.3 is 9.63 Å². The molecule has 0 saturated carbocycles. The van der Waals surface area contributed by atoms with Gasteiger partial charge >= 0.3 is 13.8 Å². The zero-order chi connectivity index (χ0) is 16.6. The van der Waals surface area contributed by atoms with E-state index in [2.05, 4.69) is 0 Å². The standard InChI is InChI=1S/C14H21O6P/c1-8-6-9(2)12(11(7-8)20-21(17,18)19)14(4,5)10(3)13(15)16/h6-7,10H,1-5H3,(H,15,16)(H2,17,18,19). The molecule has 1 unspecified atom stereocenters. The lowest BCUT2D eigenvalue weighted by atomic mass is 9.72. The third kappa shape index (κ3) is 4.06. The molecule has 0 heterocycles. The highest BCUT2D eigenvalue weighted by Crippen LogP contribution is 2.46. The Morgan fingerprint density at radius 1 is 1.29 bits per heavy atom. The van der Waals surface area contributed by atoms with Crippen molar-refractivity contribution in [2.45, 2.75) is 40.0 Å². The highest BCUT2D eigenvalue weighted by atomic mass is 31.2. The minimum Gasteiger partial charge on any atom is -0.481 e. The number of phosphoric acid groups is 1. The minimum atomic E-state index is -4.73. The van der Waals surface area contributed by atoms with Gasteiger partial charge in [0.25, 0.3) is 0 Å². The number of carboxylic acid groups (broad SMARTS) is 1. The van der Waals surface area contributed by atoms with Crippen molar-refractivity contribution in [1.82, 2.24) is 0 Å². The van der Waals surface area contributed by atoms with Gasteiger partial charge in [-0.1, -0.05) is 26.8 Å². The molecule has 118 valence electrons. The van der Waals surface area contributed by atoms with Crippen molar-refractivity contribution in [3.8, 4) is 5.75 Å². The van der Waals surface area contributed by atoms with Gasteiger partial charge in [-0.25, -0.2) is 4.57 Å². The SMILES string of the molecule is Cc1cc(C)c(C(C)(C)C(C)C(=O)O)c(OP(=O)(O)O)c1. The topological polar surface area (TPSA) is 104 Å². The Morgan fingerprint density at radius 2 is 1.81 bits per heavy atom. The molecule has 0 radical (unpaired) electrons. The number of phosphoric ester groups is 1. The largest absolute Gasteiger partial charge is 0.524 e. The van der Waals surface area contributed by atoms with Crippen LogP contribution in [0.4, 0.5) is 0 Å². The summed E-state index contributed by atoms with van der Waals surface area (Å²) in [5.41, 5.74) is 1.15. The molecule has 0 aliphatic carbocycles. The van der Waals surface area contributed by atoms with E-state index in [0.29, 0.717) is 5.56 Å². The van der Waals surface area contributed by atoms with E-state index < -0.39 is 25.1 Å². The summed E-state index contributed by atoms with van der Waals surface area (Å²) < 4.78 is 15.9. The molecule has 0 amide bonds. The van der Waals surface area contributed by atoms with Crippen LogP contribution in [-0.4, -0.2) is 20.9 Å². The lowest BCUT2D eigenvalue weighted by Gasteiger charge is -2.33. The molecular weight excluding hydrogens is 295 g/mol. The maximum atomic E-state index is 11.3. The average Bonchev–Trinajstić information content (AvgIpc) is 2.23. The lowest BCUT2D eigenvalue weighted by molar-refractivity contribution is -0.143. The van der Waals surface area contributed by atoms with Crippen LogP contribution >= 0.6 is 7.82 Å². The number of rotatable bonds is 5. The molecule has 3 N–H and O–H groups in total. The fourth-order valence-corrected chi connectivity index (χ4v) is 2.88. The molecule has 1 aromatic carbocycles. The molecule has 0 aliphatic heterocycles. The molecule has 0 fully saturated rings. The second kappa shape index (κ2) is 5.79. The van der Waals surface area contributed by atoms with Crippen LogP contribution < -0.4 is 4.52 Å². The maximum Gasteiger partial charge on any atom is 0.524 e. The zero-order valence-electron chi connectivity index (χ0n) is 12.7. The van der Waals surface area contributed by atoms with Crippen molar-refractivity contribution in [2.75, 3.05) is 0 Å². The molecule has 21 heavy (non-hydrogen) atoms. The Morgan fingerprint density at radius 3 is 2.24 bits per heavy atom. The number of hydrogen-bond acceptors (Lipinski definition) is 3. The van der Waals surface area contributed by atoms with Crippen LogP contribution in [0, 0.1) is 19.8 Å². The highest BCUT2D eigenvalue weighted by Gasteiger charge is 2.37. The molecule has 0 bridgehead atoms. The summed E-state index contributed by atoms with van der Waals surface area (Å²) in [6.07, 6.45) is 0. The van der Waals surface area contributed by atoms with Crippen LogP contribution in [0.15, 0.2) is 12.1 Å². The van der Waals surface area contributed by atoms with E-state index >= 15 is 0 Å². The number of aliphatic carboxylic acids is 1. The molecular formula is C14H21O6P. The van der Waals surface area contributed by atoms with E-state index in [1.54, 1.807) is 34.6 Å². The van der Waals surface area contributed by atoms with E-state index in [1.165, 1.54) is 6.07 Å². The molecule has 1 rings (SSSR count). The van der Waals surface area contributed by atoms with Gasteiger partial charge in [-0.3, -0.25) is 14.6 Å². The Bertz CT molecular complexity index is 602. The van der Waals surface area contributed by atoms with Gasteiger partial charge in [-0.2, -0.15) is 0 Å². The molecule has 6 nitrogen and oxygen atoms in total. The summed E-state index contributed by atoms with van der Waals surface area (Å²) in [6.45, 7) is 8.54. The monoisotopic (exact) mass is 316 g/mol. The van der Waals surface area contributed by atoms with Crippen molar-refractivity contribution < 1.29 is 28.8 Å². The fourth-order valence-electron chi connectivity index (χ4n) is 2.48. The van der Waals surface area contributed by atoms with E-state index in [9.17, 15) is 14.5 Å². The van der Waals surface area contributed by atoms with Gasteiger partial charge in [0.05, 0.1) is 5.92 Å². The van der Waals surface area contributed by atoms with E-state index in [1.807, 2.05) is 6.07 Å². The van der Waals surface area contributed by atoms with Crippen LogP contribution in [0.1, 0.15) is 37.5 Å². The quantitative estimate of drug-likeness (QED) is 0.722. The Labute approximate surface area is 124 Å². The number of carbonyl (C=O) groups is 1. The number of aryl methyl sites for hydroxylation is 2. The van der Waals surface area contributed by atoms with E-state index in [0.717, 1.165) is 11.1 Å².